The van der Waals surface area contributed by atoms with Gasteiger partial charge in [0, 0.05) is 35.0 Å². The maximum absolute atomic E-state index is 12.6. The number of fused-ring (bicyclic) bond motifs is 1. The molecule has 0 aliphatic rings. The fraction of sp³-hybridized carbons (Fsp3) is 0.250. The zero-order valence-electron chi connectivity index (χ0n) is 18.9. The summed E-state index contributed by atoms with van der Waals surface area (Å²) in [6.07, 6.45) is 4.08. The lowest BCUT2D eigenvalue weighted by Crippen LogP contribution is -2.16. The van der Waals surface area contributed by atoms with Crippen LogP contribution in [0.4, 0.5) is 5.82 Å². The van der Waals surface area contributed by atoms with Crippen LogP contribution in [0.15, 0.2) is 42.7 Å². The number of hydrogen-bond acceptors (Lipinski definition) is 7. The van der Waals surface area contributed by atoms with E-state index in [-0.39, 0.29) is 12.3 Å². The minimum Gasteiger partial charge on any atom is -0.497 e. The Morgan fingerprint density at radius 3 is 2.64 bits per heavy atom. The Balaban J connectivity index is 1.52. The summed E-state index contributed by atoms with van der Waals surface area (Å²) in [5.41, 5.74) is 3.16. The molecular weight excluding hydrogens is 422 g/mol. The smallest absolute Gasteiger partial charge is 0.231 e. The number of H-pyrrole nitrogens is 1. The van der Waals surface area contributed by atoms with Crippen molar-refractivity contribution < 1.29 is 19.0 Å². The van der Waals surface area contributed by atoms with Crippen molar-refractivity contribution in [3.05, 3.63) is 59.7 Å². The summed E-state index contributed by atoms with van der Waals surface area (Å²) in [6, 6.07) is 9.07. The van der Waals surface area contributed by atoms with Crippen LogP contribution in [-0.2, 0) is 17.6 Å². The molecule has 0 spiro atoms. The van der Waals surface area contributed by atoms with E-state index in [9.17, 15) is 4.79 Å². The number of rotatable bonds is 8. The molecule has 0 unspecified atom stereocenters. The largest absolute Gasteiger partial charge is 0.497 e. The number of pyridine rings is 2. The van der Waals surface area contributed by atoms with Gasteiger partial charge >= 0.3 is 0 Å². The quantitative estimate of drug-likeness (QED) is 0.416. The number of benzene rings is 1. The topological polar surface area (TPSA) is 111 Å². The highest BCUT2D eigenvalue weighted by atomic mass is 16.5. The van der Waals surface area contributed by atoms with Gasteiger partial charge in [-0.1, -0.05) is 6.92 Å². The van der Waals surface area contributed by atoms with Crippen LogP contribution in [0.5, 0.6) is 23.0 Å². The highest BCUT2D eigenvalue weighted by Gasteiger charge is 2.16. The minimum absolute atomic E-state index is 0.0369. The van der Waals surface area contributed by atoms with Crippen LogP contribution in [0, 0.1) is 6.92 Å². The number of aromatic amines is 1. The molecule has 0 radical (unpaired) electrons. The van der Waals surface area contributed by atoms with Crippen LogP contribution in [0.1, 0.15) is 23.9 Å². The zero-order valence-corrected chi connectivity index (χ0v) is 18.9. The number of aromatic nitrogens is 4. The lowest BCUT2D eigenvalue weighted by molar-refractivity contribution is -0.115. The number of anilines is 1. The van der Waals surface area contributed by atoms with Crippen molar-refractivity contribution in [1.82, 2.24) is 20.2 Å². The zero-order chi connectivity index (χ0) is 23.4. The fourth-order valence-electron chi connectivity index (χ4n) is 3.49. The number of methoxy groups -OCH3 is 2. The van der Waals surface area contributed by atoms with Crippen molar-refractivity contribution in [2.24, 2.45) is 0 Å². The summed E-state index contributed by atoms with van der Waals surface area (Å²) >= 11 is 0. The molecular formula is C24H25N5O4. The molecule has 0 aliphatic carbocycles. The summed E-state index contributed by atoms with van der Waals surface area (Å²) in [4.78, 5) is 21.3. The first-order valence-corrected chi connectivity index (χ1v) is 10.5. The fourth-order valence-corrected chi connectivity index (χ4v) is 3.49. The SMILES string of the molecule is CCc1[nH]nc(NC(=O)Cc2ncc(Oc3ccnc4cc(OC)ccc34)cc2OC)c1C. The van der Waals surface area contributed by atoms with E-state index < -0.39 is 0 Å². The molecule has 0 saturated heterocycles. The van der Waals surface area contributed by atoms with E-state index in [1.807, 2.05) is 32.0 Å². The summed E-state index contributed by atoms with van der Waals surface area (Å²) < 4.78 is 16.8. The van der Waals surface area contributed by atoms with Crippen molar-refractivity contribution in [3.63, 3.8) is 0 Å². The van der Waals surface area contributed by atoms with E-state index in [1.165, 1.54) is 7.11 Å². The predicted octanol–water partition coefficient (Wildman–Crippen LogP) is 4.21. The molecule has 33 heavy (non-hydrogen) atoms. The second kappa shape index (κ2) is 9.56. The molecule has 1 amide bonds. The third-order valence-corrected chi connectivity index (χ3v) is 5.31. The second-order valence-electron chi connectivity index (χ2n) is 7.37. The molecule has 3 aromatic heterocycles. The van der Waals surface area contributed by atoms with Crippen molar-refractivity contribution in [2.75, 3.05) is 19.5 Å². The average molecular weight is 447 g/mol. The van der Waals surface area contributed by atoms with Gasteiger partial charge in [0.25, 0.3) is 0 Å². The predicted molar refractivity (Wildman–Crippen MR) is 124 cm³/mol. The molecule has 0 fully saturated rings. The van der Waals surface area contributed by atoms with Crippen molar-refractivity contribution in [3.8, 4) is 23.0 Å². The second-order valence-corrected chi connectivity index (χ2v) is 7.37. The lowest BCUT2D eigenvalue weighted by Gasteiger charge is -2.12. The van der Waals surface area contributed by atoms with Gasteiger partial charge in [0.1, 0.15) is 23.0 Å². The Labute approximate surface area is 191 Å². The highest BCUT2D eigenvalue weighted by molar-refractivity contribution is 5.92. The van der Waals surface area contributed by atoms with E-state index in [2.05, 4.69) is 25.5 Å². The Hall–Kier alpha value is -4.14. The Bertz CT molecular complexity index is 1300. The molecule has 170 valence electrons. The Kier molecular flexibility index (Phi) is 6.39. The lowest BCUT2D eigenvalue weighted by atomic mass is 10.2. The summed E-state index contributed by atoms with van der Waals surface area (Å²) in [5, 5.41) is 10.8. The van der Waals surface area contributed by atoms with Crippen LogP contribution in [0.3, 0.4) is 0 Å². The molecule has 9 heteroatoms. The number of carbonyl (C=O) groups is 1. The first kappa shape index (κ1) is 22.1. The van der Waals surface area contributed by atoms with Gasteiger partial charge in [-0.15, -0.1) is 0 Å². The Morgan fingerprint density at radius 2 is 1.91 bits per heavy atom. The first-order valence-electron chi connectivity index (χ1n) is 10.5. The summed E-state index contributed by atoms with van der Waals surface area (Å²) in [5.74, 6) is 2.57. The third kappa shape index (κ3) is 4.72. The molecule has 4 aromatic rings. The molecule has 0 saturated carbocycles. The van der Waals surface area contributed by atoms with Gasteiger partial charge < -0.3 is 19.5 Å². The van der Waals surface area contributed by atoms with Crippen LogP contribution < -0.4 is 19.5 Å². The molecule has 3 heterocycles. The summed E-state index contributed by atoms with van der Waals surface area (Å²) in [6.45, 7) is 3.94. The first-order chi connectivity index (χ1) is 16.0. The number of nitrogens with one attached hydrogen (secondary N) is 2. The number of amides is 1. The average Bonchev–Trinajstić information content (AvgIpc) is 3.18. The van der Waals surface area contributed by atoms with Gasteiger partial charge in [-0.2, -0.15) is 5.10 Å². The number of carbonyl (C=O) groups excluding carboxylic acids is 1. The van der Waals surface area contributed by atoms with Crippen molar-refractivity contribution in [1.29, 1.82) is 0 Å². The molecule has 0 atom stereocenters. The van der Waals surface area contributed by atoms with Crippen LogP contribution in [-0.4, -0.2) is 40.3 Å². The Morgan fingerprint density at radius 1 is 1.06 bits per heavy atom. The number of aryl methyl sites for hydroxylation is 1. The minimum atomic E-state index is -0.235. The summed E-state index contributed by atoms with van der Waals surface area (Å²) in [7, 11) is 3.14. The molecule has 9 nitrogen and oxygen atoms in total. The van der Waals surface area contributed by atoms with Gasteiger partial charge in [-0.25, -0.2) is 0 Å². The van der Waals surface area contributed by atoms with Gasteiger partial charge in [0.15, 0.2) is 5.82 Å². The molecule has 0 aliphatic heterocycles. The van der Waals surface area contributed by atoms with Crippen LogP contribution >= 0.6 is 0 Å². The number of ether oxygens (including phenoxy) is 3. The van der Waals surface area contributed by atoms with E-state index in [0.29, 0.717) is 34.5 Å². The van der Waals surface area contributed by atoms with Crippen molar-refractivity contribution >= 4 is 22.6 Å². The van der Waals surface area contributed by atoms with Crippen LogP contribution in [0.25, 0.3) is 10.9 Å². The molecule has 4 rings (SSSR count). The van der Waals surface area contributed by atoms with Gasteiger partial charge in [-0.3, -0.25) is 19.9 Å². The van der Waals surface area contributed by atoms with E-state index in [4.69, 9.17) is 14.2 Å². The molecule has 0 bridgehead atoms. The van der Waals surface area contributed by atoms with E-state index in [1.54, 1.807) is 31.6 Å². The number of nitrogens with zero attached hydrogens (tertiary/aromatic N) is 3. The third-order valence-electron chi connectivity index (χ3n) is 5.31. The normalized spacial score (nSPS) is 10.8. The van der Waals surface area contributed by atoms with E-state index in [0.717, 1.165) is 28.6 Å². The van der Waals surface area contributed by atoms with Gasteiger partial charge in [0.2, 0.25) is 5.91 Å². The molecule has 2 N–H and O–H groups in total. The maximum atomic E-state index is 12.6. The standard InChI is InChI=1S/C24H25N5O4/c1-5-18-14(2)24(29-28-18)27-23(30)12-20-22(32-4)11-16(13-26-20)33-21-8-9-25-19-10-15(31-3)6-7-17(19)21/h6-11,13H,5,12H2,1-4H3,(H2,27,28,29,30). The van der Waals surface area contributed by atoms with Crippen LogP contribution in [0.2, 0.25) is 0 Å². The highest BCUT2D eigenvalue weighted by Crippen LogP contribution is 2.32. The van der Waals surface area contributed by atoms with E-state index >= 15 is 0 Å². The van der Waals surface area contributed by atoms with Gasteiger partial charge in [-0.05, 0) is 31.5 Å². The number of hydrogen-bond donors (Lipinski definition) is 2. The maximum Gasteiger partial charge on any atom is 0.231 e. The van der Waals surface area contributed by atoms with Crippen molar-refractivity contribution in [2.45, 2.75) is 26.7 Å². The van der Waals surface area contributed by atoms with Gasteiger partial charge in [0.05, 0.1) is 38.0 Å². The molecule has 1 aromatic carbocycles. The monoisotopic (exact) mass is 447 g/mol.